The number of rotatable bonds is 5. The van der Waals surface area contributed by atoms with Gasteiger partial charge in [0.25, 0.3) is 0 Å². The number of alkyl halides is 2. The molecule has 110 valence electrons. The molecular formula is C12H15F2N3O3. The van der Waals surface area contributed by atoms with Crippen LogP contribution in [0.3, 0.4) is 0 Å². The SMILES string of the molecule is O=C(CNc1ccc(OC(F)F)cn1)N1CCOCC1. The van der Waals surface area contributed by atoms with Gasteiger partial charge in [0.1, 0.15) is 11.6 Å². The van der Waals surface area contributed by atoms with Crippen molar-refractivity contribution in [1.29, 1.82) is 0 Å². The molecule has 2 rings (SSSR count). The number of amides is 1. The summed E-state index contributed by atoms with van der Waals surface area (Å²) in [5.41, 5.74) is 0. The second-order valence-electron chi connectivity index (χ2n) is 4.10. The summed E-state index contributed by atoms with van der Waals surface area (Å²) in [7, 11) is 0. The Bertz CT molecular complexity index is 436. The number of halogens is 2. The van der Waals surface area contributed by atoms with Crippen LogP contribution in [0.15, 0.2) is 18.3 Å². The van der Waals surface area contributed by atoms with Crippen molar-refractivity contribution < 1.29 is 23.0 Å². The number of nitrogens with one attached hydrogen (secondary N) is 1. The Morgan fingerprint density at radius 1 is 1.45 bits per heavy atom. The Balaban J connectivity index is 1.79. The van der Waals surface area contributed by atoms with Gasteiger partial charge in [0, 0.05) is 13.1 Å². The number of hydrogen-bond donors (Lipinski definition) is 1. The van der Waals surface area contributed by atoms with Crippen molar-refractivity contribution in [3.05, 3.63) is 18.3 Å². The first kappa shape index (κ1) is 14.4. The van der Waals surface area contributed by atoms with Gasteiger partial charge in [-0.1, -0.05) is 0 Å². The number of nitrogens with zero attached hydrogens (tertiary/aromatic N) is 2. The third-order valence-corrected chi connectivity index (χ3v) is 2.75. The highest BCUT2D eigenvalue weighted by atomic mass is 19.3. The van der Waals surface area contributed by atoms with Crippen LogP contribution in [-0.2, 0) is 9.53 Å². The molecule has 0 spiro atoms. The van der Waals surface area contributed by atoms with E-state index in [9.17, 15) is 13.6 Å². The lowest BCUT2D eigenvalue weighted by Crippen LogP contribution is -2.43. The predicted molar refractivity (Wildman–Crippen MR) is 66.8 cm³/mol. The van der Waals surface area contributed by atoms with E-state index in [1.807, 2.05) is 0 Å². The summed E-state index contributed by atoms with van der Waals surface area (Å²) in [6.45, 7) is -0.530. The summed E-state index contributed by atoms with van der Waals surface area (Å²) in [6, 6.07) is 2.84. The van der Waals surface area contributed by atoms with Gasteiger partial charge in [0.15, 0.2) is 0 Å². The Kier molecular flexibility index (Phi) is 5.05. The van der Waals surface area contributed by atoms with E-state index in [0.717, 1.165) is 0 Å². The van der Waals surface area contributed by atoms with Gasteiger partial charge >= 0.3 is 6.61 Å². The van der Waals surface area contributed by atoms with Crippen LogP contribution < -0.4 is 10.1 Å². The summed E-state index contributed by atoms with van der Waals surface area (Å²) in [4.78, 5) is 17.4. The van der Waals surface area contributed by atoms with Gasteiger partial charge in [-0.2, -0.15) is 8.78 Å². The first-order chi connectivity index (χ1) is 9.65. The zero-order valence-electron chi connectivity index (χ0n) is 10.7. The van der Waals surface area contributed by atoms with Gasteiger partial charge in [0.05, 0.1) is 26.0 Å². The first-order valence-corrected chi connectivity index (χ1v) is 6.15. The van der Waals surface area contributed by atoms with Crippen LogP contribution in [0.1, 0.15) is 0 Å². The number of carbonyl (C=O) groups excluding carboxylic acids is 1. The molecule has 0 bridgehead atoms. The second kappa shape index (κ2) is 6.99. The quantitative estimate of drug-likeness (QED) is 0.873. The number of pyridine rings is 1. The van der Waals surface area contributed by atoms with Gasteiger partial charge in [-0.3, -0.25) is 4.79 Å². The first-order valence-electron chi connectivity index (χ1n) is 6.15. The fourth-order valence-electron chi connectivity index (χ4n) is 1.75. The molecule has 2 heterocycles. The minimum atomic E-state index is -2.88. The second-order valence-corrected chi connectivity index (χ2v) is 4.10. The molecule has 0 radical (unpaired) electrons. The molecule has 8 heteroatoms. The zero-order valence-corrected chi connectivity index (χ0v) is 10.7. The minimum absolute atomic E-state index is 0.0231. The maximum absolute atomic E-state index is 12.0. The summed E-state index contributed by atoms with van der Waals surface area (Å²) in [5, 5.41) is 2.84. The Hall–Kier alpha value is -1.96. The van der Waals surface area contributed by atoms with Gasteiger partial charge in [0.2, 0.25) is 5.91 Å². The maximum Gasteiger partial charge on any atom is 0.387 e. The normalized spacial score (nSPS) is 15.2. The molecule has 1 aromatic rings. The van der Waals surface area contributed by atoms with E-state index in [1.54, 1.807) is 4.90 Å². The largest absolute Gasteiger partial charge is 0.433 e. The Labute approximate surface area is 114 Å². The number of hydrogen-bond acceptors (Lipinski definition) is 5. The predicted octanol–water partition coefficient (Wildman–Crippen LogP) is 0.954. The summed E-state index contributed by atoms with van der Waals surface area (Å²) < 4.78 is 33.2. The number of ether oxygens (including phenoxy) is 2. The molecule has 1 aromatic heterocycles. The van der Waals surface area contributed by atoms with Gasteiger partial charge in [-0.15, -0.1) is 0 Å². The van der Waals surface area contributed by atoms with Gasteiger partial charge < -0.3 is 19.7 Å². The average Bonchev–Trinajstić information content (AvgIpc) is 2.46. The lowest BCUT2D eigenvalue weighted by atomic mass is 10.4. The average molecular weight is 287 g/mol. The zero-order chi connectivity index (χ0) is 14.4. The number of aromatic nitrogens is 1. The molecule has 0 atom stereocenters. The highest BCUT2D eigenvalue weighted by Crippen LogP contribution is 2.14. The smallest absolute Gasteiger partial charge is 0.387 e. The maximum atomic E-state index is 12.0. The highest BCUT2D eigenvalue weighted by molar-refractivity contribution is 5.80. The van der Waals surface area contributed by atoms with Crippen molar-refractivity contribution in [1.82, 2.24) is 9.88 Å². The lowest BCUT2D eigenvalue weighted by Gasteiger charge is -2.26. The molecule has 0 unspecified atom stereocenters. The van der Waals surface area contributed by atoms with Crippen LogP contribution >= 0.6 is 0 Å². The third kappa shape index (κ3) is 4.30. The van der Waals surface area contributed by atoms with Crippen LogP contribution in [-0.4, -0.2) is 55.3 Å². The van der Waals surface area contributed by atoms with E-state index in [1.165, 1.54) is 18.3 Å². The lowest BCUT2D eigenvalue weighted by molar-refractivity contribution is -0.133. The molecule has 1 aliphatic heterocycles. The molecular weight excluding hydrogens is 272 g/mol. The van der Waals surface area contributed by atoms with Crippen LogP contribution in [0.4, 0.5) is 14.6 Å². The number of anilines is 1. The van der Waals surface area contributed by atoms with Crippen molar-refractivity contribution in [3.8, 4) is 5.75 Å². The number of carbonyl (C=O) groups is 1. The van der Waals surface area contributed by atoms with Crippen LogP contribution in [0.2, 0.25) is 0 Å². The van der Waals surface area contributed by atoms with Crippen molar-refractivity contribution in [2.75, 3.05) is 38.2 Å². The van der Waals surface area contributed by atoms with E-state index < -0.39 is 6.61 Å². The van der Waals surface area contributed by atoms with Crippen molar-refractivity contribution in [2.45, 2.75) is 6.61 Å². The number of morpholine rings is 1. The molecule has 0 saturated carbocycles. The molecule has 6 nitrogen and oxygen atoms in total. The van der Waals surface area contributed by atoms with E-state index >= 15 is 0 Å². The molecule has 1 N–H and O–H groups in total. The van der Waals surface area contributed by atoms with Crippen molar-refractivity contribution in [3.63, 3.8) is 0 Å². The minimum Gasteiger partial charge on any atom is -0.433 e. The van der Waals surface area contributed by atoms with Crippen molar-refractivity contribution >= 4 is 11.7 Å². The van der Waals surface area contributed by atoms with Crippen molar-refractivity contribution in [2.24, 2.45) is 0 Å². The third-order valence-electron chi connectivity index (χ3n) is 2.75. The molecule has 1 fully saturated rings. The van der Waals surface area contributed by atoms with Crippen LogP contribution in [0.5, 0.6) is 5.75 Å². The van der Waals surface area contributed by atoms with E-state index in [0.29, 0.717) is 32.1 Å². The highest BCUT2D eigenvalue weighted by Gasteiger charge is 2.16. The van der Waals surface area contributed by atoms with Crippen LogP contribution in [0, 0.1) is 0 Å². The summed E-state index contributed by atoms with van der Waals surface area (Å²) in [5.74, 6) is 0.348. The van der Waals surface area contributed by atoms with E-state index in [4.69, 9.17) is 4.74 Å². The van der Waals surface area contributed by atoms with Crippen LogP contribution in [0.25, 0.3) is 0 Å². The summed E-state index contributed by atoms with van der Waals surface area (Å²) >= 11 is 0. The van der Waals surface area contributed by atoms with E-state index in [2.05, 4.69) is 15.0 Å². The van der Waals surface area contributed by atoms with E-state index in [-0.39, 0.29) is 18.2 Å². The topological polar surface area (TPSA) is 63.7 Å². The molecule has 20 heavy (non-hydrogen) atoms. The Morgan fingerprint density at radius 2 is 2.20 bits per heavy atom. The fraction of sp³-hybridized carbons (Fsp3) is 0.500. The molecule has 1 amide bonds. The fourth-order valence-corrected chi connectivity index (χ4v) is 1.75. The molecule has 1 aliphatic rings. The van der Waals surface area contributed by atoms with Gasteiger partial charge in [-0.25, -0.2) is 4.98 Å². The molecule has 1 saturated heterocycles. The molecule has 0 aromatic carbocycles. The monoisotopic (exact) mass is 287 g/mol. The van der Waals surface area contributed by atoms with Gasteiger partial charge in [-0.05, 0) is 12.1 Å². The summed E-state index contributed by atoms with van der Waals surface area (Å²) in [6.07, 6.45) is 1.17. The Morgan fingerprint density at radius 3 is 2.80 bits per heavy atom. The molecule has 0 aliphatic carbocycles. The standard InChI is InChI=1S/C12H15F2N3O3/c13-12(14)20-9-1-2-10(15-7-9)16-8-11(18)17-3-5-19-6-4-17/h1-2,7,12H,3-6,8H2,(H,15,16).